The molecule has 33 heavy (non-hydrogen) atoms. The van der Waals surface area contributed by atoms with Crippen molar-refractivity contribution in [2.75, 3.05) is 23.8 Å². The van der Waals surface area contributed by atoms with Gasteiger partial charge in [0.15, 0.2) is 13.2 Å². The maximum Gasteiger partial charge on any atom is 0.262 e. The molecule has 0 bridgehead atoms. The van der Waals surface area contributed by atoms with E-state index < -0.39 is 0 Å². The van der Waals surface area contributed by atoms with Crippen LogP contribution in [0.15, 0.2) is 60.7 Å². The number of rotatable bonds is 8. The Morgan fingerprint density at radius 1 is 0.697 bits per heavy atom. The van der Waals surface area contributed by atoms with Gasteiger partial charge in [0.1, 0.15) is 11.5 Å². The fourth-order valence-electron chi connectivity index (χ4n) is 3.38. The van der Waals surface area contributed by atoms with Gasteiger partial charge in [-0.3, -0.25) is 9.59 Å². The van der Waals surface area contributed by atoms with Gasteiger partial charge in [-0.2, -0.15) is 0 Å². The lowest BCUT2D eigenvalue weighted by atomic mass is 10.1. The molecule has 0 fully saturated rings. The summed E-state index contributed by atoms with van der Waals surface area (Å²) in [5.74, 6) is 0.542. The predicted molar refractivity (Wildman–Crippen MR) is 128 cm³/mol. The van der Waals surface area contributed by atoms with Crippen LogP contribution >= 0.6 is 23.2 Å². The van der Waals surface area contributed by atoms with Crippen LogP contribution < -0.4 is 25.4 Å². The third-order valence-corrected chi connectivity index (χ3v) is 5.45. The molecule has 0 atom stereocenters. The van der Waals surface area contributed by atoms with E-state index in [0.717, 1.165) is 11.1 Å². The number of fused-ring (bicyclic) bond motifs is 1. The van der Waals surface area contributed by atoms with Crippen molar-refractivity contribution in [3.63, 3.8) is 0 Å². The van der Waals surface area contributed by atoms with Crippen molar-refractivity contribution < 1.29 is 19.1 Å². The number of carbonyl (C=O) groups excluding carboxylic acids is 2. The third-order valence-electron chi connectivity index (χ3n) is 4.95. The van der Waals surface area contributed by atoms with Gasteiger partial charge >= 0.3 is 0 Å². The van der Waals surface area contributed by atoms with Crippen LogP contribution in [0.4, 0.5) is 11.4 Å². The predicted octanol–water partition coefficient (Wildman–Crippen LogP) is 4.63. The highest BCUT2D eigenvalue weighted by molar-refractivity contribution is 6.30. The number of halogens is 2. The summed E-state index contributed by atoms with van der Waals surface area (Å²) in [4.78, 5) is 24.8. The summed E-state index contributed by atoms with van der Waals surface area (Å²) in [5.41, 5.74) is 3.20. The van der Waals surface area contributed by atoms with Gasteiger partial charge in [0, 0.05) is 34.5 Å². The number of amides is 2. The Morgan fingerprint density at radius 3 is 1.48 bits per heavy atom. The number of benzene rings is 3. The van der Waals surface area contributed by atoms with Crippen LogP contribution in [0.2, 0.25) is 10.0 Å². The number of anilines is 2. The number of hydrogen-bond donors (Lipinski definition) is 3. The van der Waals surface area contributed by atoms with Crippen molar-refractivity contribution in [2.24, 2.45) is 0 Å². The normalized spacial score (nSPS) is 12.1. The first kappa shape index (κ1) is 22.9. The molecular weight excluding hydrogens is 465 g/mol. The van der Waals surface area contributed by atoms with Crippen molar-refractivity contribution in [3.8, 4) is 11.5 Å². The quantitative estimate of drug-likeness (QED) is 0.432. The molecule has 0 aliphatic carbocycles. The fourth-order valence-corrected chi connectivity index (χ4v) is 3.63. The first-order chi connectivity index (χ1) is 16.0. The lowest BCUT2D eigenvalue weighted by Crippen LogP contribution is -2.22. The molecule has 3 N–H and O–H groups in total. The molecule has 0 saturated heterocycles. The Bertz CT molecular complexity index is 1060. The average Bonchev–Trinajstić information content (AvgIpc) is 3.31. The minimum Gasteiger partial charge on any atom is -0.484 e. The number of carbonyl (C=O) groups is 2. The number of ether oxygens (including phenoxy) is 2. The van der Waals surface area contributed by atoms with Crippen LogP contribution in [0, 0.1) is 0 Å². The van der Waals surface area contributed by atoms with E-state index in [1.54, 1.807) is 60.7 Å². The SMILES string of the molecule is O=C(COc1ccc(Cl)cc1)Nc1ccc(NC(=O)COc2ccc(Cl)cc2)c2c1CNC2. The van der Waals surface area contributed by atoms with Crippen LogP contribution in [-0.4, -0.2) is 25.0 Å². The van der Waals surface area contributed by atoms with Gasteiger partial charge in [-0.25, -0.2) is 0 Å². The van der Waals surface area contributed by atoms with E-state index in [1.807, 2.05) is 0 Å². The molecule has 1 aliphatic rings. The van der Waals surface area contributed by atoms with Crippen LogP contribution in [0.1, 0.15) is 11.1 Å². The van der Waals surface area contributed by atoms with Crippen molar-refractivity contribution in [2.45, 2.75) is 13.1 Å². The summed E-state index contributed by atoms with van der Waals surface area (Å²) in [6.45, 7) is 0.886. The van der Waals surface area contributed by atoms with E-state index in [2.05, 4.69) is 16.0 Å². The first-order valence-corrected chi connectivity index (χ1v) is 11.0. The molecular formula is C24H21Cl2N3O4. The van der Waals surface area contributed by atoms with Crippen LogP contribution in [0.3, 0.4) is 0 Å². The highest BCUT2D eigenvalue weighted by atomic mass is 35.5. The van der Waals surface area contributed by atoms with Gasteiger partial charge in [-0.15, -0.1) is 0 Å². The maximum absolute atomic E-state index is 12.4. The molecule has 3 aromatic rings. The second kappa shape index (κ2) is 10.6. The van der Waals surface area contributed by atoms with E-state index in [-0.39, 0.29) is 25.0 Å². The third kappa shape index (κ3) is 6.16. The Labute approximate surface area is 201 Å². The zero-order valence-corrected chi connectivity index (χ0v) is 19.0. The standard InChI is InChI=1S/C24H21Cl2N3O4/c25-15-1-5-17(6-2-15)32-13-23(30)28-21-9-10-22(20-12-27-11-19(20)21)29-24(31)14-33-18-7-3-16(26)4-8-18/h1-10,27H,11-14H2,(H,28,30)(H,29,31). The van der Waals surface area contributed by atoms with E-state index >= 15 is 0 Å². The Hall–Kier alpha value is -3.26. The molecule has 2 amide bonds. The lowest BCUT2D eigenvalue weighted by Gasteiger charge is -2.15. The molecule has 7 nitrogen and oxygen atoms in total. The Morgan fingerprint density at radius 2 is 1.09 bits per heavy atom. The number of hydrogen-bond acceptors (Lipinski definition) is 5. The molecule has 0 aromatic heterocycles. The van der Waals surface area contributed by atoms with Crippen LogP contribution in [-0.2, 0) is 22.7 Å². The molecule has 0 saturated carbocycles. The summed E-state index contributed by atoms with van der Waals surface area (Å²) in [5, 5.41) is 10.2. The fraction of sp³-hybridized carbons (Fsp3) is 0.167. The summed E-state index contributed by atoms with van der Waals surface area (Å²) in [6.07, 6.45) is 0. The van der Waals surface area contributed by atoms with Crippen molar-refractivity contribution in [3.05, 3.63) is 81.8 Å². The van der Waals surface area contributed by atoms with E-state index in [1.165, 1.54) is 0 Å². The minimum atomic E-state index is -0.285. The van der Waals surface area contributed by atoms with Gasteiger partial charge in [0.05, 0.1) is 0 Å². The molecule has 9 heteroatoms. The summed E-state index contributed by atoms with van der Waals surface area (Å²) in [7, 11) is 0. The minimum absolute atomic E-state index is 0.135. The van der Waals surface area contributed by atoms with E-state index in [9.17, 15) is 9.59 Å². The maximum atomic E-state index is 12.4. The highest BCUT2D eigenvalue weighted by Gasteiger charge is 2.20. The largest absolute Gasteiger partial charge is 0.484 e. The molecule has 0 spiro atoms. The molecule has 4 rings (SSSR count). The lowest BCUT2D eigenvalue weighted by molar-refractivity contribution is -0.118. The summed E-state index contributed by atoms with van der Waals surface area (Å²) < 4.78 is 11.0. The van der Waals surface area contributed by atoms with Gasteiger partial charge in [0.25, 0.3) is 11.8 Å². The average molecular weight is 486 g/mol. The van der Waals surface area contributed by atoms with Gasteiger partial charge in [-0.05, 0) is 71.8 Å². The molecule has 0 radical (unpaired) electrons. The zero-order valence-electron chi connectivity index (χ0n) is 17.5. The summed E-state index contributed by atoms with van der Waals surface area (Å²) >= 11 is 11.7. The van der Waals surface area contributed by atoms with Gasteiger partial charge in [-0.1, -0.05) is 23.2 Å². The van der Waals surface area contributed by atoms with Crippen LogP contribution in [0.25, 0.3) is 0 Å². The van der Waals surface area contributed by atoms with Crippen molar-refractivity contribution in [1.82, 2.24) is 5.32 Å². The first-order valence-electron chi connectivity index (χ1n) is 10.2. The second-order valence-electron chi connectivity index (χ2n) is 7.30. The van der Waals surface area contributed by atoms with Crippen molar-refractivity contribution in [1.29, 1.82) is 0 Å². The smallest absolute Gasteiger partial charge is 0.262 e. The highest BCUT2D eigenvalue weighted by Crippen LogP contribution is 2.31. The topological polar surface area (TPSA) is 88.7 Å². The van der Waals surface area contributed by atoms with Crippen molar-refractivity contribution >= 4 is 46.4 Å². The molecule has 170 valence electrons. The molecule has 3 aromatic carbocycles. The monoisotopic (exact) mass is 485 g/mol. The van der Waals surface area contributed by atoms with E-state index in [0.29, 0.717) is 46.0 Å². The second-order valence-corrected chi connectivity index (χ2v) is 8.18. The van der Waals surface area contributed by atoms with Gasteiger partial charge in [0.2, 0.25) is 0 Å². The zero-order chi connectivity index (χ0) is 23.2. The number of nitrogens with one attached hydrogen (secondary N) is 3. The Balaban J connectivity index is 1.35. The van der Waals surface area contributed by atoms with Crippen LogP contribution in [0.5, 0.6) is 11.5 Å². The Kier molecular flexibility index (Phi) is 7.34. The van der Waals surface area contributed by atoms with Gasteiger partial charge < -0.3 is 25.4 Å². The summed E-state index contributed by atoms with van der Waals surface area (Å²) in [6, 6.07) is 17.1. The van der Waals surface area contributed by atoms with E-state index in [4.69, 9.17) is 32.7 Å². The molecule has 1 heterocycles. The molecule has 1 aliphatic heterocycles. The molecule has 0 unspecified atom stereocenters.